The molecule has 0 N–H and O–H groups in total. The third-order valence-electron chi connectivity index (χ3n) is 13.1. The van der Waals surface area contributed by atoms with Gasteiger partial charge in [-0.2, -0.15) is 0 Å². The van der Waals surface area contributed by atoms with E-state index in [0.717, 1.165) is 50.6 Å². The molecule has 0 radical (unpaired) electrons. The largest absolute Gasteiger partial charge is 0.453 e. The number of ether oxygens (including phenoxy) is 1. The lowest BCUT2D eigenvalue weighted by atomic mass is 9.99. The number of nitrogens with zero attached hydrogens (tertiary/aromatic N) is 2. The van der Waals surface area contributed by atoms with Crippen LogP contribution in [-0.2, 0) is 0 Å². The van der Waals surface area contributed by atoms with E-state index in [0.29, 0.717) is 0 Å². The van der Waals surface area contributed by atoms with Crippen molar-refractivity contribution in [3.8, 4) is 33.8 Å². The molecule has 10 aromatic rings. The second-order valence-corrected chi connectivity index (χ2v) is 20.8. The highest BCUT2D eigenvalue weighted by Gasteiger charge is 2.49. The summed E-state index contributed by atoms with van der Waals surface area (Å²) in [4.78, 5) is 4.91. The van der Waals surface area contributed by atoms with E-state index in [2.05, 4.69) is 254 Å². The summed E-state index contributed by atoms with van der Waals surface area (Å²) in [6.07, 6.45) is 0. The first-order valence-corrected chi connectivity index (χ1v) is 24.1. The highest BCUT2D eigenvalue weighted by Crippen LogP contribution is 2.53. The van der Waals surface area contributed by atoms with E-state index in [4.69, 9.17) is 4.74 Å². The van der Waals surface area contributed by atoms with Crippen LogP contribution in [-0.4, -0.2) is 8.07 Å². The Morgan fingerprint density at radius 3 is 1.58 bits per heavy atom. The van der Waals surface area contributed by atoms with Gasteiger partial charge in [-0.1, -0.05) is 170 Å². The molecule has 304 valence electrons. The molecule has 2 aliphatic rings. The Morgan fingerprint density at radius 1 is 0.328 bits per heavy atom. The molecule has 10 aromatic carbocycles. The number of fused-ring (bicyclic) bond motifs is 5. The molecule has 0 fully saturated rings. The van der Waals surface area contributed by atoms with E-state index in [9.17, 15) is 0 Å². The number of hydrogen-bond acceptors (Lipinski definition) is 3. The van der Waals surface area contributed by atoms with Crippen LogP contribution in [0.5, 0.6) is 11.5 Å². The molecule has 0 aliphatic carbocycles. The molecule has 3 nitrogen and oxygen atoms in total. The Balaban J connectivity index is 1.09. The molecule has 2 aliphatic heterocycles. The lowest BCUT2D eigenvalue weighted by molar-refractivity contribution is 0.478. The fourth-order valence-corrected chi connectivity index (χ4v) is 15.5. The first-order valence-electron chi connectivity index (χ1n) is 22.1. The third-order valence-corrected chi connectivity index (χ3v) is 18.0. The summed E-state index contributed by atoms with van der Waals surface area (Å²) >= 11 is 0. The van der Waals surface area contributed by atoms with Gasteiger partial charge in [-0.05, 0) is 139 Å². The molecule has 0 amide bonds. The smallest absolute Gasteiger partial charge is 0.184 e. The summed E-state index contributed by atoms with van der Waals surface area (Å²) in [6, 6.07) is 85.0. The highest BCUT2D eigenvalue weighted by atomic mass is 28.3. The van der Waals surface area contributed by atoms with Crippen molar-refractivity contribution in [3.05, 3.63) is 242 Å². The molecular weight excluding hydrogens is 793 g/mol. The number of hydrogen-bond donors (Lipinski definition) is 0. The van der Waals surface area contributed by atoms with E-state index in [-0.39, 0.29) is 0 Å². The van der Waals surface area contributed by atoms with Crippen molar-refractivity contribution in [3.63, 3.8) is 0 Å². The third kappa shape index (κ3) is 6.10. The first-order chi connectivity index (χ1) is 31.5. The molecule has 0 spiro atoms. The fourth-order valence-electron chi connectivity index (χ4n) is 10.4. The van der Waals surface area contributed by atoms with Crippen LogP contribution in [0.25, 0.3) is 33.0 Å². The Kier molecular flexibility index (Phi) is 8.96. The molecule has 4 heteroatoms. The van der Waals surface area contributed by atoms with E-state index in [1.807, 2.05) is 0 Å². The van der Waals surface area contributed by atoms with Gasteiger partial charge in [0, 0.05) is 22.7 Å². The van der Waals surface area contributed by atoms with Crippen molar-refractivity contribution < 1.29 is 4.74 Å². The molecule has 0 unspecified atom stereocenters. The van der Waals surface area contributed by atoms with E-state index < -0.39 is 8.07 Å². The summed E-state index contributed by atoms with van der Waals surface area (Å²) in [7, 11) is -2.85. The van der Waals surface area contributed by atoms with E-state index in [1.54, 1.807) is 0 Å². The van der Waals surface area contributed by atoms with Crippen LogP contribution in [0.2, 0.25) is 0 Å². The number of benzene rings is 10. The lowest BCUT2D eigenvalue weighted by Crippen LogP contribution is -2.77. The number of rotatable bonds is 6. The van der Waals surface area contributed by atoms with Crippen molar-refractivity contribution in [2.24, 2.45) is 0 Å². The van der Waals surface area contributed by atoms with Gasteiger partial charge < -0.3 is 14.5 Å². The first kappa shape index (κ1) is 37.8. The van der Waals surface area contributed by atoms with Gasteiger partial charge in [0.2, 0.25) is 0 Å². The number of para-hydroxylation sites is 1. The van der Waals surface area contributed by atoms with E-state index >= 15 is 0 Å². The van der Waals surface area contributed by atoms with Crippen LogP contribution >= 0.6 is 0 Å². The van der Waals surface area contributed by atoms with Gasteiger partial charge in [0.1, 0.15) is 0 Å². The normalized spacial score (nSPS) is 13.3. The van der Waals surface area contributed by atoms with Crippen molar-refractivity contribution in [1.82, 2.24) is 0 Å². The van der Waals surface area contributed by atoms with Crippen molar-refractivity contribution in [2.45, 2.75) is 13.8 Å². The second kappa shape index (κ2) is 15.2. The van der Waals surface area contributed by atoms with Crippen molar-refractivity contribution in [1.29, 1.82) is 0 Å². The monoisotopic (exact) mass is 836 g/mol. The van der Waals surface area contributed by atoms with Crippen LogP contribution in [0, 0.1) is 13.8 Å². The van der Waals surface area contributed by atoms with Gasteiger partial charge in [-0.25, -0.2) is 0 Å². The minimum atomic E-state index is -2.85. The summed E-state index contributed by atoms with van der Waals surface area (Å²) in [5.41, 5.74) is 13.8. The Bertz CT molecular complexity index is 3340. The molecule has 0 saturated carbocycles. The van der Waals surface area contributed by atoms with Crippen LogP contribution < -0.4 is 35.3 Å². The molecule has 2 heterocycles. The summed E-state index contributed by atoms with van der Waals surface area (Å²) < 4.78 is 6.85. The lowest BCUT2D eigenvalue weighted by Gasteiger charge is -2.45. The van der Waals surface area contributed by atoms with Gasteiger partial charge >= 0.3 is 0 Å². The number of anilines is 6. The average Bonchev–Trinajstić information content (AvgIpc) is 3.34. The van der Waals surface area contributed by atoms with Crippen LogP contribution in [0.4, 0.5) is 34.1 Å². The SMILES string of the molecule is Cc1cc(C)cc(N2c3ccccc3[Si](c3ccccc3)(c3ccccc3)c3ccc(-c4ccc5c(c4)N(c4cccc(-c6ccccc6)c4)c4cc6ccccc6cc4O5)cc32)c1. The zero-order chi connectivity index (χ0) is 42.8. The van der Waals surface area contributed by atoms with E-state index in [1.165, 1.54) is 59.9 Å². The highest BCUT2D eigenvalue weighted by molar-refractivity contribution is 7.21. The predicted molar refractivity (Wildman–Crippen MR) is 271 cm³/mol. The molecule has 0 atom stereocenters. The van der Waals surface area contributed by atoms with Crippen LogP contribution in [0.1, 0.15) is 11.1 Å². The summed E-state index contributed by atoms with van der Waals surface area (Å²) in [6.45, 7) is 4.40. The Morgan fingerprint density at radius 2 is 0.859 bits per heavy atom. The summed E-state index contributed by atoms with van der Waals surface area (Å²) in [5.74, 6) is 1.66. The average molecular weight is 837 g/mol. The molecule has 12 rings (SSSR count). The zero-order valence-electron chi connectivity index (χ0n) is 35.7. The topological polar surface area (TPSA) is 15.7 Å². The van der Waals surface area contributed by atoms with Crippen molar-refractivity contribution in [2.75, 3.05) is 9.80 Å². The standard InChI is InChI=1S/C60H44N2OSi/c1-41-33-42(2)35-50(34-41)62-53-27-14-15-28-59(53)64(51-23-8-4-9-24-51,52-25-10-5-11-26-52)60-32-30-48(39-56(60)62)47-29-31-57-54(38-47)61(49-22-16-21-44(36-49)43-17-6-3-7-18-43)55-37-45-19-12-13-20-46(45)40-58(55)63-57/h3-40H,1-2H3. The van der Waals surface area contributed by atoms with Gasteiger partial charge in [-0.15, -0.1) is 0 Å². The maximum Gasteiger partial charge on any atom is 0.184 e. The maximum absolute atomic E-state index is 6.85. The van der Waals surface area contributed by atoms with Gasteiger partial charge in [0.15, 0.2) is 19.6 Å². The van der Waals surface area contributed by atoms with Gasteiger partial charge in [0.25, 0.3) is 0 Å². The summed E-state index contributed by atoms with van der Waals surface area (Å²) in [5, 5.41) is 7.81. The fraction of sp³-hybridized carbons (Fsp3) is 0.0333. The minimum Gasteiger partial charge on any atom is -0.453 e. The molecule has 0 bridgehead atoms. The molecule has 64 heavy (non-hydrogen) atoms. The maximum atomic E-state index is 6.85. The zero-order valence-corrected chi connectivity index (χ0v) is 36.7. The molecule has 0 saturated heterocycles. The van der Waals surface area contributed by atoms with Crippen LogP contribution in [0.3, 0.4) is 0 Å². The predicted octanol–water partition coefficient (Wildman–Crippen LogP) is 13.5. The molecular formula is C60H44N2OSi. The van der Waals surface area contributed by atoms with Gasteiger partial charge in [-0.3, -0.25) is 0 Å². The minimum absolute atomic E-state index is 0.819. The Hall–Kier alpha value is -7.92. The second-order valence-electron chi connectivity index (χ2n) is 17.1. The van der Waals surface area contributed by atoms with Gasteiger partial charge in [0.05, 0.1) is 11.4 Å². The Labute approximate surface area is 375 Å². The number of aryl methyl sites for hydroxylation is 2. The van der Waals surface area contributed by atoms with Crippen molar-refractivity contribution >= 4 is 73.7 Å². The quantitative estimate of drug-likeness (QED) is 0.155. The molecule has 0 aromatic heterocycles. The van der Waals surface area contributed by atoms with Crippen LogP contribution in [0.15, 0.2) is 231 Å².